The molecule has 0 unspecified atom stereocenters. The molecule has 0 fully saturated rings. The van der Waals surface area contributed by atoms with Gasteiger partial charge in [0.1, 0.15) is 12.7 Å². The zero-order valence-electron chi connectivity index (χ0n) is 10.9. The van der Waals surface area contributed by atoms with E-state index in [1.54, 1.807) is 23.0 Å². The number of carbonyl (C=O) groups excluding carboxylic acids is 1. The molecule has 5 nitrogen and oxygen atoms in total. The number of amides is 1. The van der Waals surface area contributed by atoms with Gasteiger partial charge in [-0.15, -0.1) is 0 Å². The van der Waals surface area contributed by atoms with E-state index in [2.05, 4.69) is 16.7 Å². The highest BCUT2D eigenvalue weighted by atomic mass is 16.2. The summed E-state index contributed by atoms with van der Waals surface area (Å²) in [7, 11) is 1.76. The van der Waals surface area contributed by atoms with Crippen LogP contribution in [0.5, 0.6) is 0 Å². The number of likely N-dealkylation sites (N-methyl/N-ethyl adjacent to an activating group) is 1. The summed E-state index contributed by atoms with van der Waals surface area (Å²) in [5.41, 5.74) is 2.23. The fraction of sp³-hybridized carbons (Fsp3) is 0.214. The minimum Gasteiger partial charge on any atom is -0.338 e. The molecule has 5 heteroatoms. The van der Waals surface area contributed by atoms with Gasteiger partial charge in [0.2, 0.25) is 5.91 Å². The fourth-order valence-electron chi connectivity index (χ4n) is 1.76. The van der Waals surface area contributed by atoms with Gasteiger partial charge >= 0.3 is 0 Å². The van der Waals surface area contributed by atoms with Crippen LogP contribution in [0.15, 0.2) is 49.6 Å². The number of nitrogens with zero attached hydrogens (tertiary/aromatic N) is 4. The third-order valence-corrected chi connectivity index (χ3v) is 2.80. The van der Waals surface area contributed by atoms with E-state index in [9.17, 15) is 4.79 Å². The lowest BCUT2D eigenvalue weighted by Crippen LogP contribution is -2.23. The lowest BCUT2D eigenvalue weighted by molar-refractivity contribution is -0.125. The number of aromatic nitrogens is 3. The van der Waals surface area contributed by atoms with Crippen LogP contribution in [0.2, 0.25) is 0 Å². The van der Waals surface area contributed by atoms with E-state index >= 15 is 0 Å². The molecule has 0 atom stereocenters. The van der Waals surface area contributed by atoms with E-state index in [0.29, 0.717) is 13.1 Å². The van der Waals surface area contributed by atoms with Crippen molar-refractivity contribution >= 4 is 5.91 Å². The van der Waals surface area contributed by atoms with E-state index in [1.807, 2.05) is 24.3 Å². The smallest absolute Gasteiger partial charge is 0.245 e. The Balaban J connectivity index is 1.98. The Labute approximate surface area is 112 Å². The molecule has 1 heterocycles. The van der Waals surface area contributed by atoms with Crippen LogP contribution in [0.3, 0.4) is 0 Å². The molecule has 0 bridgehead atoms. The first kappa shape index (κ1) is 13.0. The molecule has 0 saturated carbocycles. The van der Waals surface area contributed by atoms with Gasteiger partial charge in [-0.1, -0.05) is 30.8 Å². The van der Waals surface area contributed by atoms with Crippen LogP contribution in [0.4, 0.5) is 0 Å². The molecule has 19 heavy (non-hydrogen) atoms. The molecule has 1 aromatic heterocycles. The molecule has 0 spiro atoms. The van der Waals surface area contributed by atoms with Crippen LogP contribution in [-0.2, 0) is 17.9 Å². The Morgan fingerprint density at radius 1 is 1.37 bits per heavy atom. The van der Waals surface area contributed by atoms with Gasteiger partial charge in [0.05, 0.1) is 6.54 Å². The van der Waals surface area contributed by atoms with E-state index in [0.717, 1.165) is 11.1 Å². The summed E-state index contributed by atoms with van der Waals surface area (Å²) in [6.45, 7) is 4.75. The van der Waals surface area contributed by atoms with Crippen LogP contribution >= 0.6 is 0 Å². The Morgan fingerprint density at radius 3 is 2.63 bits per heavy atom. The molecule has 98 valence electrons. The highest BCUT2D eigenvalue weighted by Gasteiger charge is 2.05. The zero-order chi connectivity index (χ0) is 13.7. The third kappa shape index (κ3) is 3.51. The number of hydrogen-bond acceptors (Lipinski definition) is 3. The highest BCUT2D eigenvalue weighted by molar-refractivity contribution is 5.86. The van der Waals surface area contributed by atoms with Crippen molar-refractivity contribution in [1.82, 2.24) is 19.7 Å². The predicted molar refractivity (Wildman–Crippen MR) is 72.2 cm³/mol. The van der Waals surface area contributed by atoms with Crippen LogP contribution < -0.4 is 0 Å². The summed E-state index contributed by atoms with van der Waals surface area (Å²) < 4.78 is 1.77. The number of rotatable bonds is 5. The van der Waals surface area contributed by atoms with Crippen LogP contribution in [-0.4, -0.2) is 32.6 Å². The second kappa shape index (κ2) is 5.95. The second-order valence-corrected chi connectivity index (χ2v) is 4.31. The second-order valence-electron chi connectivity index (χ2n) is 4.31. The number of benzene rings is 1. The summed E-state index contributed by atoms with van der Waals surface area (Å²) in [6, 6.07) is 8.09. The van der Waals surface area contributed by atoms with Gasteiger partial charge < -0.3 is 4.90 Å². The average molecular weight is 256 g/mol. The molecule has 0 aliphatic rings. The lowest BCUT2D eigenvalue weighted by Gasteiger charge is -2.15. The van der Waals surface area contributed by atoms with Crippen molar-refractivity contribution in [3.63, 3.8) is 0 Å². The van der Waals surface area contributed by atoms with E-state index in [-0.39, 0.29) is 5.91 Å². The van der Waals surface area contributed by atoms with Crippen molar-refractivity contribution in [3.05, 3.63) is 60.7 Å². The summed E-state index contributed by atoms with van der Waals surface area (Å²) in [5.74, 6) is -0.0771. The molecule has 2 rings (SSSR count). The molecule has 2 aromatic rings. The van der Waals surface area contributed by atoms with Gasteiger partial charge in [0.25, 0.3) is 0 Å². The van der Waals surface area contributed by atoms with Gasteiger partial charge in [-0.2, -0.15) is 5.10 Å². The van der Waals surface area contributed by atoms with Crippen molar-refractivity contribution in [3.8, 4) is 0 Å². The van der Waals surface area contributed by atoms with Crippen molar-refractivity contribution in [1.29, 1.82) is 0 Å². The Bertz CT molecular complexity index is 545. The minimum atomic E-state index is -0.0771. The maximum Gasteiger partial charge on any atom is 0.245 e. The molecule has 0 saturated heterocycles. The first-order valence-electron chi connectivity index (χ1n) is 5.97. The molecule has 1 aromatic carbocycles. The van der Waals surface area contributed by atoms with Crippen LogP contribution in [0.1, 0.15) is 11.1 Å². The lowest BCUT2D eigenvalue weighted by atomic mass is 10.1. The average Bonchev–Trinajstić information content (AvgIpc) is 2.93. The maximum atomic E-state index is 11.4. The number of carbonyl (C=O) groups is 1. The topological polar surface area (TPSA) is 51.0 Å². The summed E-state index contributed by atoms with van der Waals surface area (Å²) >= 11 is 0. The molecule has 0 aliphatic carbocycles. The summed E-state index contributed by atoms with van der Waals surface area (Å²) in [6.07, 6.45) is 4.52. The molecule has 0 aliphatic heterocycles. The number of hydrogen-bond donors (Lipinski definition) is 0. The Kier molecular flexibility index (Phi) is 4.07. The highest BCUT2D eigenvalue weighted by Crippen LogP contribution is 2.08. The molecular weight excluding hydrogens is 240 g/mol. The van der Waals surface area contributed by atoms with Gasteiger partial charge in [-0.05, 0) is 17.2 Å². The SMILES string of the molecule is C=CC(=O)N(C)Cc1ccc(Cn2cncn2)cc1. The van der Waals surface area contributed by atoms with E-state index in [1.165, 1.54) is 12.4 Å². The minimum absolute atomic E-state index is 0.0771. The van der Waals surface area contributed by atoms with Gasteiger partial charge in [-0.25, -0.2) is 9.67 Å². The van der Waals surface area contributed by atoms with Crippen LogP contribution in [0.25, 0.3) is 0 Å². The van der Waals surface area contributed by atoms with E-state index in [4.69, 9.17) is 0 Å². The van der Waals surface area contributed by atoms with Gasteiger partial charge in [-0.3, -0.25) is 4.79 Å². The quantitative estimate of drug-likeness (QED) is 0.761. The van der Waals surface area contributed by atoms with Gasteiger partial charge in [0.15, 0.2) is 0 Å². The predicted octanol–water partition coefficient (Wildman–Crippen LogP) is 1.47. The molecule has 0 N–H and O–H groups in total. The molecule has 1 amide bonds. The standard InChI is InChI=1S/C14H16N4O/c1-3-14(19)17(2)8-12-4-6-13(7-5-12)9-18-11-15-10-16-18/h3-7,10-11H,1,8-9H2,2H3. The largest absolute Gasteiger partial charge is 0.338 e. The van der Waals surface area contributed by atoms with Crippen molar-refractivity contribution in [2.24, 2.45) is 0 Å². The normalized spacial score (nSPS) is 10.2. The fourth-order valence-corrected chi connectivity index (χ4v) is 1.76. The zero-order valence-corrected chi connectivity index (χ0v) is 10.9. The van der Waals surface area contributed by atoms with Crippen molar-refractivity contribution < 1.29 is 4.79 Å². The Hall–Kier alpha value is -2.43. The van der Waals surface area contributed by atoms with Crippen molar-refractivity contribution in [2.45, 2.75) is 13.1 Å². The first-order valence-corrected chi connectivity index (χ1v) is 5.97. The molecule has 0 radical (unpaired) electrons. The van der Waals surface area contributed by atoms with Gasteiger partial charge in [0, 0.05) is 13.6 Å². The monoisotopic (exact) mass is 256 g/mol. The maximum absolute atomic E-state index is 11.4. The van der Waals surface area contributed by atoms with Crippen LogP contribution in [0, 0.1) is 0 Å². The summed E-state index contributed by atoms with van der Waals surface area (Å²) in [4.78, 5) is 16.9. The Morgan fingerprint density at radius 2 is 2.05 bits per heavy atom. The molecular formula is C14H16N4O. The summed E-state index contributed by atoms with van der Waals surface area (Å²) in [5, 5.41) is 4.06. The van der Waals surface area contributed by atoms with E-state index < -0.39 is 0 Å². The van der Waals surface area contributed by atoms with Crippen molar-refractivity contribution in [2.75, 3.05) is 7.05 Å². The first-order chi connectivity index (χ1) is 9.19. The third-order valence-electron chi connectivity index (χ3n) is 2.80.